The Kier molecular flexibility index (Phi) is 4.42. The first-order valence-electron chi connectivity index (χ1n) is 6.87. The molecule has 0 aromatic heterocycles. The molecule has 19 heavy (non-hydrogen) atoms. The number of aliphatic hydroxyl groups excluding tert-OH is 1. The van der Waals surface area contributed by atoms with Gasteiger partial charge in [-0.15, -0.1) is 0 Å². The van der Waals surface area contributed by atoms with Gasteiger partial charge in [-0.3, -0.25) is 0 Å². The summed E-state index contributed by atoms with van der Waals surface area (Å²) >= 11 is 0. The van der Waals surface area contributed by atoms with Crippen molar-refractivity contribution in [2.75, 3.05) is 24.7 Å². The second-order valence-corrected chi connectivity index (χ2v) is 5.17. The number of morpholine rings is 1. The van der Waals surface area contributed by atoms with Crippen molar-refractivity contribution in [3.63, 3.8) is 0 Å². The fourth-order valence-corrected chi connectivity index (χ4v) is 2.58. The maximum atomic E-state index is 13.7. The van der Waals surface area contributed by atoms with E-state index in [1.165, 1.54) is 6.07 Å². The molecule has 1 aromatic carbocycles. The number of nitrogens with zero attached hydrogens (tertiary/aromatic N) is 1. The van der Waals surface area contributed by atoms with Gasteiger partial charge in [0.05, 0.1) is 25.4 Å². The van der Waals surface area contributed by atoms with Gasteiger partial charge in [-0.1, -0.05) is 6.92 Å². The second-order valence-electron chi connectivity index (χ2n) is 5.17. The summed E-state index contributed by atoms with van der Waals surface area (Å²) in [6, 6.07) is 3.58. The molecule has 1 aromatic rings. The quantitative estimate of drug-likeness (QED) is 0.914. The van der Waals surface area contributed by atoms with Crippen molar-refractivity contribution >= 4 is 5.69 Å². The molecule has 4 heteroatoms. The maximum Gasteiger partial charge on any atom is 0.126 e. The number of aryl methyl sites for hydroxylation is 1. The molecule has 1 fully saturated rings. The second kappa shape index (κ2) is 5.88. The Balaban J connectivity index is 2.44. The molecule has 1 heterocycles. The van der Waals surface area contributed by atoms with Gasteiger partial charge in [0.25, 0.3) is 0 Å². The zero-order chi connectivity index (χ0) is 14.0. The van der Waals surface area contributed by atoms with Crippen LogP contribution in [0.3, 0.4) is 0 Å². The number of aliphatic hydroxyl groups is 1. The van der Waals surface area contributed by atoms with Crippen LogP contribution >= 0.6 is 0 Å². The molecular weight excluding hydrogens is 245 g/mol. The van der Waals surface area contributed by atoms with Crippen LogP contribution in [0.5, 0.6) is 0 Å². The first-order chi connectivity index (χ1) is 9.04. The smallest absolute Gasteiger partial charge is 0.126 e. The maximum absolute atomic E-state index is 13.7. The van der Waals surface area contributed by atoms with Crippen LogP contribution in [0.25, 0.3) is 0 Å². The van der Waals surface area contributed by atoms with Gasteiger partial charge in [-0.05, 0) is 38.0 Å². The lowest BCUT2D eigenvalue weighted by Crippen LogP contribution is -2.45. The molecular formula is C15H22FNO2. The van der Waals surface area contributed by atoms with Crippen molar-refractivity contribution < 1.29 is 14.2 Å². The van der Waals surface area contributed by atoms with Crippen molar-refractivity contribution in [2.24, 2.45) is 0 Å². The van der Waals surface area contributed by atoms with Crippen LogP contribution in [0.2, 0.25) is 0 Å². The summed E-state index contributed by atoms with van der Waals surface area (Å²) in [5.74, 6) is -0.263. The van der Waals surface area contributed by atoms with Crippen LogP contribution in [0.4, 0.5) is 10.1 Å². The standard InChI is InChI=1S/C15H22FNO2/c1-4-12-9-19-6-5-17(12)15-7-10(2)14(16)8-13(15)11(3)18/h7-8,11-12,18H,4-6,9H2,1-3H3. The molecule has 3 nitrogen and oxygen atoms in total. The van der Waals surface area contributed by atoms with E-state index in [1.807, 2.05) is 6.07 Å². The number of hydrogen-bond acceptors (Lipinski definition) is 3. The topological polar surface area (TPSA) is 32.7 Å². The lowest BCUT2D eigenvalue weighted by Gasteiger charge is -2.38. The van der Waals surface area contributed by atoms with Crippen molar-refractivity contribution in [3.05, 3.63) is 29.1 Å². The molecule has 0 radical (unpaired) electrons. The predicted molar refractivity (Wildman–Crippen MR) is 74.0 cm³/mol. The fraction of sp³-hybridized carbons (Fsp3) is 0.600. The number of halogens is 1. The highest BCUT2D eigenvalue weighted by atomic mass is 19.1. The summed E-state index contributed by atoms with van der Waals surface area (Å²) in [5.41, 5.74) is 2.20. The molecule has 1 aliphatic heterocycles. The summed E-state index contributed by atoms with van der Waals surface area (Å²) in [6.45, 7) is 7.69. The van der Waals surface area contributed by atoms with Gasteiger partial charge in [0, 0.05) is 17.8 Å². The Morgan fingerprint density at radius 3 is 2.89 bits per heavy atom. The van der Waals surface area contributed by atoms with E-state index in [4.69, 9.17) is 4.74 Å². The van der Waals surface area contributed by atoms with Gasteiger partial charge in [-0.25, -0.2) is 4.39 Å². The molecule has 2 atom stereocenters. The molecule has 0 aliphatic carbocycles. The van der Waals surface area contributed by atoms with Crippen LogP contribution in [0, 0.1) is 12.7 Å². The number of ether oxygens (including phenoxy) is 1. The Bertz CT molecular complexity index is 448. The molecule has 1 saturated heterocycles. The van der Waals surface area contributed by atoms with Crippen LogP contribution < -0.4 is 4.90 Å². The molecule has 2 unspecified atom stereocenters. The third-order valence-electron chi connectivity index (χ3n) is 3.77. The molecule has 2 rings (SSSR count). The number of hydrogen-bond donors (Lipinski definition) is 1. The van der Waals surface area contributed by atoms with E-state index in [0.717, 1.165) is 18.7 Å². The van der Waals surface area contributed by atoms with Crippen LogP contribution in [-0.2, 0) is 4.74 Å². The van der Waals surface area contributed by atoms with Crippen molar-refractivity contribution in [1.82, 2.24) is 0 Å². The van der Waals surface area contributed by atoms with Gasteiger partial charge in [0.1, 0.15) is 5.82 Å². The molecule has 0 bridgehead atoms. The summed E-state index contributed by atoms with van der Waals surface area (Å²) in [7, 11) is 0. The Hall–Kier alpha value is -1.13. The van der Waals surface area contributed by atoms with Gasteiger partial charge in [0.15, 0.2) is 0 Å². The average Bonchev–Trinajstić information content (AvgIpc) is 2.41. The highest BCUT2D eigenvalue weighted by molar-refractivity contribution is 5.57. The number of rotatable bonds is 3. The minimum atomic E-state index is -0.676. The van der Waals surface area contributed by atoms with Crippen LogP contribution in [-0.4, -0.2) is 30.9 Å². The first-order valence-corrected chi connectivity index (χ1v) is 6.87. The van der Waals surface area contributed by atoms with Crippen LogP contribution in [0.15, 0.2) is 12.1 Å². The summed E-state index contributed by atoms with van der Waals surface area (Å²) in [6.07, 6.45) is 0.292. The van der Waals surface area contributed by atoms with E-state index in [9.17, 15) is 9.50 Å². The largest absolute Gasteiger partial charge is 0.389 e. The van der Waals surface area contributed by atoms with E-state index in [1.54, 1.807) is 13.8 Å². The summed E-state index contributed by atoms with van der Waals surface area (Å²) in [4.78, 5) is 2.23. The highest BCUT2D eigenvalue weighted by Crippen LogP contribution is 2.32. The zero-order valence-electron chi connectivity index (χ0n) is 11.8. The van der Waals surface area contributed by atoms with Gasteiger partial charge >= 0.3 is 0 Å². The Morgan fingerprint density at radius 2 is 2.26 bits per heavy atom. The van der Waals surface area contributed by atoms with E-state index >= 15 is 0 Å². The molecule has 0 saturated carbocycles. The number of anilines is 1. The molecule has 1 N–H and O–H groups in total. The molecule has 106 valence electrons. The first kappa shape index (κ1) is 14.3. The molecule has 0 spiro atoms. The minimum Gasteiger partial charge on any atom is -0.389 e. The third kappa shape index (κ3) is 2.90. The summed E-state index contributed by atoms with van der Waals surface area (Å²) in [5, 5.41) is 9.88. The normalized spacial score (nSPS) is 21.5. The minimum absolute atomic E-state index is 0.263. The van der Waals surface area contributed by atoms with Crippen molar-refractivity contribution in [1.29, 1.82) is 0 Å². The van der Waals surface area contributed by atoms with E-state index in [-0.39, 0.29) is 11.9 Å². The van der Waals surface area contributed by atoms with Gasteiger partial charge < -0.3 is 14.7 Å². The zero-order valence-corrected chi connectivity index (χ0v) is 11.8. The van der Waals surface area contributed by atoms with E-state index < -0.39 is 6.10 Å². The summed E-state index contributed by atoms with van der Waals surface area (Å²) < 4.78 is 19.2. The third-order valence-corrected chi connectivity index (χ3v) is 3.77. The SMILES string of the molecule is CCC1COCCN1c1cc(C)c(F)cc1C(C)O. The monoisotopic (exact) mass is 267 g/mol. The van der Waals surface area contributed by atoms with Crippen molar-refractivity contribution in [3.8, 4) is 0 Å². The van der Waals surface area contributed by atoms with E-state index in [2.05, 4.69) is 11.8 Å². The Morgan fingerprint density at radius 1 is 1.53 bits per heavy atom. The fourth-order valence-electron chi connectivity index (χ4n) is 2.58. The molecule has 0 amide bonds. The lowest BCUT2D eigenvalue weighted by atomic mass is 10.0. The number of benzene rings is 1. The van der Waals surface area contributed by atoms with E-state index in [0.29, 0.717) is 24.3 Å². The highest BCUT2D eigenvalue weighted by Gasteiger charge is 2.25. The average molecular weight is 267 g/mol. The van der Waals surface area contributed by atoms with Crippen molar-refractivity contribution in [2.45, 2.75) is 39.3 Å². The molecule has 1 aliphatic rings. The Labute approximate surface area is 114 Å². The van der Waals surface area contributed by atoms with Gasteiger partial charge in [0.2, 0.25) is 0 Å². The van der Waals surface area contributed by atoms with Gasteiger partial charge in [-0.2, -0.15) is 0 Å². The predicted octanol–water partition coefficient (Wildman–Crippen LogP) is 2.80. The lowest BCUT2D eigenvalue weighted by molar-refractivity contribution is 0.0924. The van der Waals surface area contributed by atoms with Crippen LogP contribution in [0.1, 0.15) is 37.5 Å².